The van der Waals surface area contributed by atoms with E-state index in [1.165, 1.54) is 0 Å². The summed E-state index contributed by atoms with van der Waals surface area (Å²) in [5.74, 6) is 2.01. The zero-order valence-corrected chi connectivity index (χ0v) is 15.8. The summed E-state index contributed by atoms with van der Waals surface area (Å²) in [6.07, 6.45) is 0.407. The molecule has 1 aromatic heterocycles. The smallest absolute Gasteiger partial charge is 0.240 e. The van der Waals surface area contributed by atoms with Crippen LogP contribution in [0.2, 0.25) is 0 Å². The highest BCUT2D eigenvalue weighted by Gasteiger charge is 2.30. The normalized spacial score (nSPS) is 20.7. The molecule has 2 N–H and O–H groups in total. The highest BCUT2D eigenvalue weighted by Crippen LogP contribution is 2.23. The van der Waals surface area contributed by atoms with E-state index in [9.17, 15) is 9.59 Å². The Morgan fingerprint density at radius 1 is 1.15 bits per heavy atom. The molecule has 0 spiro atoms. The van der Waals surface area contributed by atoms with Crippen molar-refractivity contribution in [2.24, 2.45) is 0 Å². The van der Waals surface area contributed by atoms with Crippen molar-refractivity contribution in [1.29, 1.82) is 0 Å². The molecule has 0 bridgehead atoms. The fourth-order valence-electron chi connectivity index (χ4n) is 3.78. The molecule has 0 saturated carbocycles. The Hall–Kier alpha value is -1.99. The molecule has 1 unspecified atom stereocenters. The third-order valence-corrected chi connectivity index (χ3v) is 6.25. The van der Waals surface area contributed by atoms with Crippen LogP contribution in [0.3, 0.4) is 0 Å². The number of fused-ring (bicyclic) bond motifs is 1. The molecule has 0 radical (unpaired) electrons. The summed E-state index contributed by atoms with van der Waals surface area (Å²) < 4.78 is 0. The molecule has 0 aliphatic carbocycles. The fraction of sp³-hybridized carbons (Fsp3) is 0.474. The standard InChI is InChI=1S/C19H24N4O2S/c1-13-15(14-4-2-3-5-16(14)21-13)10-18(24)22-6-8-23(9-7-22)19(25)17-11-26-12-20-17/h2-5,17,20-21H,6-12H2,1H3. The number of amides is 2. The molecule has 2 aliphatic heterocycles. The Morgan fingerprint density at radius 3 is 2.62 bits per heavy atom. The molecule has 6 nitrogen and oxygen atoms in total. The number of hydrogen-bond donors (Lipinski definition) is 2. The predicted octanol–water partition coefficient (Wildman–Crippen LogP) is 1.35. The number of nitrogens with zero attached hydrogens (tertiary/aromatic N) is 2. The molecule has 2 aromatic rings. The average molecular weight is 372 g/mol. The zero-order chi connectivity index (χ0) is 18.1. The number of carbonyl (C=O) groups excluding carboxylic acids is 2. The minimum atomic E-state index is -0.0591. The lowest BCUT2D eigenvalue weighted by Gasteiger charge is -2.36. The van der Waals surface area contributed by atoms with Crippen LogP contribution in [0.5, 0.6) is 0 Å². The highest BCUT2D eigenvalue weighted by atomic mass is 32.2. The maximum atomic E-state index is 12.8. The summed E-state index contributed by atoms with van der Waals surface area (Å²) >= 11 is 1.76. The lowest BCUT2D eigenvalue weighted by Crippen LogP contribution is -2.54. The zero-order valence-electron chi connectivity index (χ0n) is 15.0. The number of para-hydroxylation sites is 1. The molecule has 2 fully saturated rings. The Kier molecular flexibility index (Phi) is 4.91. The number of aromatic nitrogens is 1. The summed E-state index contributed by atoms with van der Waals surface area (Å²) in [5, 5.41) is 4.35. The number of thioether (sulfide) groups is 1. The number of rotatable bonds is 3. The van der Waals surface area contributed by atoms with Crippen molar-refractivity contribution >= 4 is 34.5 Å². The number of H-pyrrole nitrogens is 1. The van der Waals surface area contributed by atoms with E-state index in [0.29, 0.717) is 32.6 Å². The molecule has 3 heterocycles. The lowest BCUT2D eigenvalue weighted by molar-refractivity contribution is -0.140. The van der Waals surface area contributed by atoms with Gasteiger partial charge in [-0.2, -0.15) is 0 Å². The van der Waals surface area contributed by atoms with Gasteiger partial charge >= 0.3 is 0 Å². The van der Waals surface area contributed by atoms with Gasteiger partial charge < -0.3 is 14.8 Å². The number of carbonyl (C=O) groups is 2. The summed E-state index contributed by atoms with van der Waals surface area (Å²) in [4.78, 5) is 32.4. The van der Waals surface area contributed by atoms with Crippen LogP contribution < -0.4 is 5.32 Å². The molecule has 1 atom stereocenters. The molecule has 1 aromatic carbocycles. The lowest BCUT2D eigenvalue weighted by atomic mass is 10.1. The second-order valence-corrected chi connectivity index (χ2v) is 7.96. The Balaban J connectivity index is 1.37. The average Bonchev–Trinajstić information content (AvgIpc) is 3.30. The molecular formula is C19H24N4O2S. The Labute approximate surface area is 157 Å². The van der Waals surface area contributed by atoms with Gasteiger partial charge in [0.2, 0.25) is 11.8 Å². The molecule has 2 saturated heterocycles. The quantitative estimate of drug-likeness (QED) is 0.854. The van der Waals surface area contributed by atoms with E-state index >= 15 is 0 Å². The maximum Gasteiger partial charge on any atom is 0.240 e. The van der Waals surface area contributed by atoms with Gasteiger partial charge in [0.05, 0.1) is 12.5 Å². The van der Waals surface area contributed by atoms with Crippen molar-refractivity contribution < 1.29 is 9.59 Å². The molecule has 2 amide bonds. The molecular weight excluding hydrogens is 348 g/mol. The SMILES string of the molecule is Cc1[nH]c2ccccc2c1CC(=O)N1CCN(C(=O)C2CSCN2)CC1. The van der Waals surface area contributed by atoms with Crippen molar-refractivity contribution in [2.45, 2.75) is 19.4 Å². The van der Waals surface area contributed by atoms with Gasteiger partial charge in [0.25, 0.3) is 0 Å². The summed E-state index contributed by atoms with van der Waals surface area (Å²) in [6.45, 7) is 4.50. The second-order valence-electron chi connectivity index (χ2n) is 6.93. The van der Waals surface area contributed by atoms with Crippen molar-refractivity contribution in [1.82, 2.24) is 20.1 Å². The van der Waals surface area contributed by atoms with Crippen LogP contribution in [0, 0.1) is 6.92 Å². The van der Waals surface area contributed by atoms with Crippen LogP contribution >= 0.6 is 11.8 Å². The fourth-order valence-corrected chi connectivity index (χ4v) is 4.71. The minimum Gasteiger partial charge on any atom is -0.358 e. The van der Waals surface area contributed by atoms with E-state index in [-0.39, 0.29) is 17.9 Å². The summed E-state index contributed by atoms with van der Waals surface area (Å²) in [7, 11) is 0. The first-order valence-electron chi connectivity index (χ1n) is 9.07. The molecule has 138 valence electrons. The highest BCUT2D eigenvalue weighted by molar-refractivity contribution is 7.99. The minimum absolute atomic E-state index is 0.0591. The topological polar surface area (TPSA) is 68.4 Å². The van der Waals surface area contributed by atoms with Crippen LogP contribution in [0.4, 0.5) is 0 Å². The predicted molar refractivity (Wildman–Crippen MR) is 104 cm³/mol. The van der Waals surface area contributed by atoms with Crippen molar-refractivity contribution in [3.05, 3.63) is 35.5 Å². The number of hydrogen-bond acceptors (Lipinski definition) is 4. The van der Waals surface area contributed by atoms with Crippen LogP contribution in [-0.4, -0.2) is 70.4 Å². The van der Waals surface area contributed by atoms with Crippen LogP contribution in [-0.2, 0) is 16.0 Å². The number of aromatic amines is 1. The molecule has 2 aliphatic rings. The Morgan fingerprint density at radius 2 is 1.88 bits per heavy atom. The van der Waals surface area contributed by atoms with E-state index in [1.807, 2.05) is 34.9 Å². The van der Waals surface area contributed by atoms with E-state index < -0.39 is 0 Å². The first-order valence-corrected chi connectivity index (χ1v) is 10.2. The summed E-state index contributed by atoms with van der Waals surface area (Å²) in [5.41, 5.74) is 3.21. The largest absolute Gasteiger partial charge is 0.358 e. The number of aryl methyl sites for hydroxylation is 1. The van der Waals surface area contributed by atoms with Gasteiger partial charge in [0.1, 0.15) is 0 Å². The first-order chi connectivity index (χ1) is 12.6. The maximum absolute atomic E-state index is 12.8. The number of benzene rings is 1. The van der Waals surface area contributed by atoms with Gasteiger partial charge in [0, 0.05) is 54.4 Å². The van der Waals surface area contributed by atoms with E-state index in [1.54, 1.807) is 11.8 Å². The van der Waals surface area contributed by atoms with Crippen molar-refractivity contribution in [3.63, 3.8) is 0 Å². The Bertz CT molecular complexity index is 820. The monoisotopic (exact) mass is 372 g/mol. The third kappa shape index (κ3) is 3.33. The van der Waals surface area contributed by atoms with Gasteiger partial charge in [-0.05, 0) is 18.6 Å². The van der Waals surface area contributed by atoms with Gasteiger partial charge in [-0.3, -0.25) is 14.9 Å². The van der Waals surface area contributed by atoms with Crippen molar-refractivity contribution in [3.8, 4) is 0 Å². The first kappa shape index (κ1) is 17.4. The third-order valence-electron chi connectivity index (χ3n) is 5.31. The van der Waals surface area contributed by atoms with Crippen LogP contribution in [0.25, 0.3) is 10.9 Å². The summed E-state index contributed by atoms with van der Waals surface area (Å²) in [6, 6.07) is 8.04. The van der Waals surface area contributed by atoms with E-state index in [2.05, 4.69) is 16.4 Å². The van der Waals surface area contributed by atoms with Gasteiger partial charge in [0.15, 0.2) is 0 Å². The second kappa shape index (κ2) is 7.32. The van der Waals surface area contributed by atoms with Gasteiger partial charge in [-0.15, -0.1) is 11.8 Å². The van der Waals surface area contributed by atoms with Crippen LogP contribution in [0.1, 0.15) is 11.3 Å². The molecule has 7 heteroatoms. The number of nitrogens with one attached hydrogen (secondary N) is 2. The van der Waals surface area contributed by atoms with E-state index in [4.69, 9.17) is 0 Å². The molecule has 26 heavy (non-hydrogen) atoms. The van der Waals surface area contributed by atoms with Gasteiger partial charge in [-0.25, -0.2) is 0 Å². The van der Waals surface area contributed by atoms with Gasteiger partial charge in [-0.1, -0.05) is 18.2 Å². The van der Waals surface area contributed by atoms with Crippen LogP contribution in [0.15, 0.2) is 24.3 Å². The van der Waals surface area contributed by atoms with E-state index in [0.717, 1.165) is 33.8 Å². The number of piperazine rings is 1. The molecule has 4 rings (SSSR count). The van der Waals surface area contributed by atoms with Crippen molar-refractivity contribution in [2.75, 3.05) is 37.8 Å².